The molecule has 1 aliphatic carbocycles. The number of allylic oxidation sites excluding steroid dienone is 5. The standard InChI is InChI=1S/C23H21N3O2/c27-22(17-7-3-1-2-4-8-17)26-20-10-6-5-9-19(20)23(28)25-18-12-11-16-13-14-24-21(16)15-18/h1-7,9-12,15,24H,8,13-14H2,(H,25,28)(H,26,27). The first-order chi connectivity index (χ1) is 13.7. The zero-order valence-corrected chi connectivity index (χ0v) is 15.4. The van der Waals surface area contributed by atoms with Gasteiger partial charge in [0.15, 0.2) is 0 Å². The summed E-state index contributed by atoms with van der Waals surface area (Å²) < 4.78 is 0. The van der Waals surface area contributed by atoms with E-state index in [1.165, 1.54) is 5.56 Å². The molecule has 0 fully saturated rings. The molecule has 2 aliphatic rings. The predicted octanol–water partition coefficient (Wildman–Crippen LogP) is 4.29. The minimum absolute atomic E-state index is 0.210. The van der Waals surface area contributed by atoms with Gasteiger partial charge in [0.1, 0.15) is 0 Å². The molecule has 1 heterocycles. The molecule has 0 unspecified atom stereocenters. The molecule has 0 atom stereocenters. The summed E-state index contributed by atoms with van der Waals surface area (Å²) in [6.07, 6.45) is 10.9. The van der Waals surface area contributed by atoms with Crippen LogP contribution in [0.25, 0.3) is 0 Å². The Balaban J connectivity index is 1.51. The lowest BCUT2D eigenvalue weighted by Gasteiger charge is -2.13. The molecule has 0 radical (unpaired) electrons. The predicted molar refractivity (Wildman–Crippen MR) is 113 cm³/mol. The van der Waals surface area contributed by atoms with E-state index < -0.39 is 0 Å². The molecular formula is C23H21N3O2. The minimum Gasteiger partial charge on any atom is -0.384 e. The van der Waals surface area contributed by atoms with E-state index in [-0.39, 0.29) is 11.8 Å². The third kappa shape index (κ3) is 3.88. The molecule has 0 saturated heterocycles. The highest BCUT2D eigenvalue weighted by molar-refractivity contribution is 6.12. The van der Waals surface area contributed by atoms with Crippen molar-refractivity contribution in [2.24, 2.45) is 0 Å². The Labute approximate surface area is 163 Å². The molecule has 1 aliphatic heterocycles. The smallest absolute Gasteiger partial charge is 0.257 e. The Kier molecular flexibility index (Phi) is 5.06. The fraction of sp³-hybridized carbons (Fsp3) is 0.130. The minimum atomic E-state index is -0.261. The highest BCUT2D eigenvalue weighted by atomic mass is 16.2. The molecule has 5 nitrogen and oxygen atoms in total. The van der Waals surface area contributed by atoms with Crippen LogP contribution in [0.15, 0.2) is 78.4 Å². The summed E-state index contributed by atoms with van der Waals surface area (Å²) in [6, 6.07) is 12.9. The first-order valence-corrected chi connectivity index (χ1v) is 9.31. The second-order valence-corrected chi connectivity index (χ2v) is 6.71. The van der Waals surface area contributed by atoms with Crippen molar-refractivity contribution < 1.29 is 9.59 Å². The van der Waals surface area contributed by atoms with Gasteiger partial charge in [0, 0.05) is 23.5 Å². The van der Waals surface area contributed by atoms with Gasteiger partial charge >= 0.3 is 0 Å². The number of hydrogen-bond donors (Lipinski definition) is 3. The van der Waals surface area contributed by atoms with Crippen LogP contribution in [0, 0.1) is 0 Å². The average molecular weight is 371 g/mol. The largest absolute Gasteiger partial charge is 0.384 e. The molecule has 5 heteroatoms. The van der Waals surface area contributed by atoms with Crippen molar-refractivity contribution >= 4 is 28.9 Å². The van der Waals surface area contributed by atoms with Gasteiger partial charge in [-0.3, -0.25) is 9.59 Å². The summed E-state index contributed by atoms with van der Waals surface area (Å²) in [5.41, 5.74) is 4.59. The maximum atomic E-state index is 12.8. The zero-order chi connectivity index (χ0) is 19.3. The quantitative estimate of drug-likeness (QED) is 0.751. The Bertz CT molecular complexity index is 1020. The van der Waals surface area contributed by atoms with Crippen LogP contribution in [0.3, 0.4) is 0 Å². The summed E-state index contributed by atoms with van der Waals surface area (Å²) in [4.78, 5) is 25.4. The topological polar surface area (TPSA) is 70.2 Å². The van der Waals surface area contributed by atoms with Crippen LogP contribution in [0.5, 0.6) is 0 Å². The van der Waals surface area contributed by atoms with Crippen molar-refractivity contribution in [2.45, 2.75) is 12.8 Å². The highest BCUT2D eigenvalue weighted by Crippen LogP contribution is 2.26. The maximum Gasteiger partial charge on any atom is 0.257 e. The van der Waals surface area contributed by atoms with Crippen LogP contribution >= 0.6 is 0 Å². The average Bonchev–Trinajstić information content (AvgIpc) is 2.99. The van der Waals surface area contributed by atoms with Crippen LogP contribution < -0.4 is 16.0 Å². The molecule has 4 rings (SSSR count). The number of benzene rings is 2. The number of carbonyl (C=O) groups is 2. The summed E-state index contributed by atoms with van der Waals surface area (Å²) in [6.45, 7) is 0.918. The van der Waals surface area contributed by atoms with Crippen LogP contribution in [-0.4, -0.2) is 18.4 Å². The first-order valence-electron chi connectivity index (χ1n) is 9.31. The van der Waals surface area contributed by atoms with Gasteiger partial charge in [-0.2, -0.15) is 0 Å². The van der Waals surface area contributed by atoms with Gasteiger partial charge in [0.05, 0.1) is 11.3 Å². The summed E-state index contributed by atoms with van der Waals surface area (Å²) in [5.74, 6) is -0.471. The zero-order valence-electron chi connectivity index (χ0n) is 15.4. The molecular weight excluding hydrogens is 350 g/mol. The lowest BCUT2D eigenvalue weighted by Crippen LogP contribution is -2.19. The summed E-state index contributed by atoms with van der Waals surface area (Å²) >= 11 is 0. The monoisotopic (exact) mass is 371 g/mol. The van der Waals surface area contributed by atoms with Crippen molar-refractivity contribution in [3.05, 3.63) is 89.5 Å². The fourth-order valence-corrected chi connectivity index (χ4v) is 3.31. The molecule has 0 spiro atoms. The molecule has 0 saturated carbocycles. The third-order valence-electron chi connectivity index (χ3n) is 4.78. The Morgan fingerprint density at radius 2 is 1.82 bits per heavy atom. The van der Waals surface area contributed by atoms with Gasteiger partial charge in [-0.15, -0.1) is 0 Å². The Hall–Kier alpha value is -3.60. The van der Waals surface area contributed by atoms with E-state index in [2.05, 4.69) is 16.0 Å². The van der Waals surface area contributed by atoms with E-state index in [4.69, 9.17) is 0 Å². The number of fused-ring (bicyclic) bond motifs is 1. The normalized spacial score (nSPS) is 14.5. The third-order valence-corrected chi connectivity index (χ3v) is 4.78. The van der Waals surface area contributed by atoms with Crippen molar-refractivity contribution in [3.63, 3.8) is 0 Å². The SMILES string of the molecule is O=C(Nc1ccccc1C(=O)Nc1ccc2c(c1)NCC2)C1=CC=CC=CC1. The van der Waals surface area contributed by atoms with Crippen molar-refractivity contribution in [1.29, 1.82) is 0 Å². The first kappa shape index (κ1) is 17.8. The summed E-state index contributed by atoms with van der Waals surface area (Å²) in [7, 11) is 0. The van der Waals surface area contributed by atoms with Gasteiger partial charge in [0.2, 0.25) is 0 Å². The van der Waals surface area contributed by atoms with Crippen LogP contribution in [0.2, 0.25) is 0 Å². The van der Waals surface area contributed by atoms with E-state index in [0.717, 1.165) is 24.3 Å². The van der Waals surface area contributed by atoms with Crippen molar-refractivity contribution in [1.82, 2.24) is 0 Å². The number of anilines is 3. The second kappa shape index (κ2) is 7.96. The fourth-order valence-electron chi connectivity index (χ4n) is 3.31. The van der Waals surface area contributed by atoms with Gasteiger partial charge in [0.25, 0.3) is 11.8 Å². The number of rotatable bonds is 4. The number of hydrogen-bond acceptors (Lipinski definition) is 3. The number of nitrogens with one attached hydrogen (secondary N) is 3. The molecule has 2 aromatic rings. The molecule has 0 bridgehead atoms. The van der Waals surface area contributed by atoms with E-state index in [1.807, 2.05) is 42.5 Å². The van der Waals surface area contributed by atoms with Crippen LogP contribution in [0.1, 0.15) is 22.3 Å². The Morgan fingerprint density at radius 3 is 2.75 bits per heavy atom. The van der Waals surface area contributed by atoms with E-state index >= 15 is 0 Å². The Morgan fingerprint density at radius 1 is 0.929 bits per heavy atom. The maximum absolute atomic E-state index is 12.8. The van der Waals surface area contributed by atoms with Gasteiger partial charge in [-0.05, 0) is 42.7 Å². The van der Waals surface area contributed by atoms with E-state index in [0.29, 0.717) is 23.2 Å². The van der Waals surface area contributed by atoms with E-state index in [9.17, 15) is 9.59 Å². The van der Waals surface area contributed by atoms with Gasteiger partial charge in [-0.25, -0.2) is 0 Å². The highest BCUT2D eigenvalue weighted by Gasteiger charge is 2.16. The van der Waals surface area contributed by atoms with E-state index in [1.54, 1.807) is 30.3 Å². The second-order valence-electron chi connectivity index (χ2n) is 6.71. The van der Waals surface area contributed by atoms with Crippen LogP contribution in [0.4, 0.5) is 17.1 Å². The molecule has 28 heavy (non-hydrogen) atoms. The molecule has 140 valence electrons. The van der Waals surface area contributed by atoms with Crippen molar-refractivity contribution in [3.8, 4) is 0 Å². The molecule has 3 N–H and O–H groups in total. The lowest BCUT2D eigenvalue weighted by molar-refractivity contribution is -0.112. The summed E-state index contributed by atoms with van der Waals surface area (Å²) in [5, 5.41) is 9.10. The van der Waals surface area contributed by atoms with Crippen molar-refractivity contribution in [2.75, 3.05) is 22.5 Å². The number of amides is 2. The number of para-hydroxylation sites is 1. The lowest BCUT2D eigenvalue weighted by atomic mass is 10.1. The number of carbonyl (C=O) groups excluding carboxylic acids is 2. The molecule has 2 amide bonds. The molecule has 2 aromatic carbocycles. The van der Waals surface area contributed by atoms with Gasteiger partial charge in [-0.1, -0.05) is 48.6 Å². The van der Waals surface area contributed by atoms with Gasteiger partial charge < -0.3 is 16.0 Å². The molecule has 0 aromatic heterocycles. The van der Waals surface area contributed by atoms with Crippen LogP contribution in [-0.2, 0) is 11.2 Å².